The molecule has 5 heteroatoms. The molecule has 170 valence electrons. The Morgan fingerprint density at radius 3 is 2.17 bits per heavy atom. The monoisotopic (exact) mass is 420 g/mol. The van der Waals surface area contributed by atoms with Crippen molar-refractivity contribution in [2.75, 3.05) is 26.4 Å². The SMILES string of the molecule is CC1([C@H]2CC[C@H]3[C@@H]4CCC5CC6(CC[C@]5(C)[C@H]4[C@@H](O)C[C@]23C)OCCO6)OCCO1. The minimum atomic E-state index is -0.467. The molecule has 30 heavy (non-hydrogen) atoms. The van der Waals surface area contributed by atoms with Gasteiger partial charge in [0, 0.05) is 18.8 Å². The maximum absolute atomic E-state index is 11.7. The smallest absolute Gasteiger partial charge is 0.169 e. The molecule has 1 N–H and O–H groups in total. The van der Waals surface area contributed by atoms with Crippen LogP contribution in [0.25, 0.3) is 0 Å². The number of rotatable bonds is 1. The van der Waals surface area contributed by atoms with Crippen LogP contribution >= 0.6 is 0 Å². The molecular weight excluding hydrogens is 380 g/mol. The van der Waals surface area contributed by atoms with Crippen LogP contribution in [0.1, 0.15) is 72.1 Å². The van der Waals surface area contributed by atoms with Crippen LogP contribution in [0.2, 0.25) is 0 Å². The van der Waals surface area contributed by atoms with E-state index < -0.39 is 5.79 Å². The molecule has 0 aromatic rings. The van der Waals surface area contributed by atoms with E-state index in [1.807, 2.05) is 0 Å². The molecule has 2 heterocycles. The third-order valence-corrected chi connectivity index (χ3v) is 10.9. The van der Waals surface area contributed by atoms with Crippen LogP contribution in [-0.2, 0) is 18.9 Å². The summed E-state index contributed by atoms with van der Waals surface area (Å²) in [4.78, 5) is 0. The van der Waals surface area contributed by atoms with Gasteiger partial charge in [-0.1, -0.05) is 13.8 Å². The third-order valence-electron chi connectivity index (χ3n) is 10.9. The van der Waals surface area contributed by atoms with E-state index in [2.05, 4.69) is 20.8 Å². The quantitative estimate of drug-likeness (QED) is 0.691. The first-order valence-corrected chi connectivity index (χ1v) is 12.5. The highest BCUT2D eigenvalue weighted by atomic mass is 16.7. The second-order valence-electron chi connectivity index (χ2n) is 12.0. The topological polar surface area (TPSA) is 57.2 Å². The molecule has 1 spiro atoms. The Bertz CT molecular complexity index is 683. The van der Waals surface area contributed by atoms with Crippen molar-refractivity contribution in [3.8, 4) is 0 Å². The summed E-state index contributed by atoms with van der Waals surface area (Å²) in [6, 6.07) is 0. The van der Waals surface area contributed by atoms with Crippen molar-refractivity contribution < 1.29 is 24.1 Å². The van der Waals surface area contributed by atoms with E-state index in [0.717, 1.165) is 38.9 Å². The van der Waals surface area contributed by atoms with Gasteiger partial charge < -0.3 is 24.1 Å². The summed E-state index contributed by atoms with van der Waals surface area (Å²) in [5.41, 5.74) is 0.309. The van der Waals surface area contributed by atoms with Crippen LogP contribution < -0.4 is 0 Å². The second kappa shape index (κ2) is 6.66. The number of fused-ring (bicyclic) bond motifs is 5. The lowest BCUT2D eigenvalue weighted by molar-refractivity contribution is -0.254. The number of hydrogen-bond acceptors (Lipinski definition) is 5. The van der Waals surface area contributed by atoms with Crippen molar-refractivity contribution in [2.45, 2.75) is 89.8 Å². The Labute approximate surface area is 181 Å². The molecular formula is C25H40O5. The predicted octanol–water partition coefficient (Wildman–Crippen LogP) is 4.12. The Kier molecular flexibility index (Phi) is 4.53. The second-order valence-corrected chi connectivity index (χ2v) is 12.0. The lowest BCUT2D eigenvalue weighted by Gasteiger charge is -2.63. The van der Waals surface area contributed by atoms with Gasteiger partial charge in [-0.2, -0.15) is 0 Å². The normalized spacial score (nSPS) is 54.0. The van der Waals surface area contributed by atoms with Crippen LogP contribution in [0, 0.1) is 40.4 Å². The van der Waals surface area contributed by atoms with Gasteiger partial charge in [0.1, 0.15) is 0 Å². The van der Waals surface area contributed by atoms with Crippen LogP contribution in [0.3, 0.4) is 0 Å². The van der Waals surface area contributed by atoms with Crippen molar-refractivity contribution in [1.29, 1.82) is 0 Å². The summed E-state index contributed by atoms with van der Waals surface area (Å²) in [7, 11) is 0. The van der Waals surface area contributed by atoms with E-state index in [0.29, 0.717) is 42.8 Å². The van der Waals surface area contributed by atoms with Gasteiger partial charge in [-0.25, -0.2) is 0 Å². The van der Waals surface area contributed by atoms with Gasteiger partial charge in [-0.3, -0.25) is 0 Å². The van der Waals surface area contributed by atoms with E-state index in [1.54, 1.807) is 0 Å². The highest BCUT2D eigenvalue weighted by molar-refractivity contribution is 5.14. The lowest BCUT2D eigenvalue weighted by atomic mass is 9.43. The standard InChI is InChI=1S/C25H40O5/c1-22-8-9-25(29-12-13-30-25)14-16(22)4-5-17-18-6-7-20(24(3)27-10-11-28-24)23(18,2)15-19(26)21(17)22/h16-21,26H,4-15H2,1-3H3/t16?,17-,18-,19-,20-,21+,22-,23-/m0/s1. The maximum atomic E-state index is 11.7. The molecule has 0 amide bonds. The summed E-state index contributed by atoms with van der Waals surface area (Å²) < 4.78 is 24.5. The van der Waals surface area contributed by atoms with Gasteiger partial charge >= 0.3 is 0 Å². The molecule has 0 bridgehead atoms. The zero-order valence-corrected chi connectivity index (χ0v) is 19.0. The Hall–Kier alpha value is -0.200. The van der Waals surface area contributed by atoms with Crippen molar-refractivity contribution >= 4 is 0 Å². The highest BCUT2D eigenvalue weighted by Gasteiger charge is 2.67. The third kappa shape index (κ3) is 2.65. The lowest BCUT2D eigenvalue weighted by Crippen LogP contribution is -2.61. The fourth-order valence-electron chi connectivity index (χ4n) is 9.67. The van der Waals surface area contributed by atoms with Gasteiger partial charge in [0.2, 0.25) is 0 Å². The molecule has 4 saturated carbocycles. The molecule has 6 fully saturated rings. The largest absolute Gasteiger partial charge is 0.393 e. The summed E-state index contributed by atoms with van der Waals surface area (Å²) in [5, 5.41) is 11.7. The van der Waals surface area contributed by atoms with E-state index in [4.69, 9.17) is 18.9 Å². The maximum Gasteiger partial charge on any atom is 0.169 e. The molecule has 8 atom stereocenters. The Morgan fingerprint density at radius 2 is 1.43 bits per heavy atom. The molecule has 2 aliphatic heterocycles. The summed E-state index contributed by atoms with van der Waals surface area (Å²) in [6.07, 6.45) is 8.70. The number of aliphatic hydroxyl groups excluding tert-OH is 1. The van der Waals surface area contributed by atoms with Crippen molar-refractivity contribution in [1.82, 2.24) is 0 Å². The molecule has 1 unspecified atom stereocenters. The molecule has 2 saturated heterocycles. The number of hydrogen-bond donors (Lipinski definition) is 1. The van der Waals surface area contributed by atoms with Crippen LogP contribution in [0.4, 0.5) is 0 Å². The highest BCUT2D eigenvalue weighted by Crippen LogP contribution is 2.69. The number of aliphatic hydroxyl groups is 1. The fourth-order valence-corrected chi connectivity index (χ4v) is 9.67. The average Bonchev–Trinajstić information content (AvgIpc) is 3.41. The molecule has 6 aliphatic rings. The zero-order chi connectivity index (χ0) is 20.8. The van der Waals surface area contributed by atoms with Gasteiger partial charge in [-0.05, 0) is 80.0 Å². The summed E-state index contributed by atoms with van der Waals surface area (Å²) >= 11 is 0. The van der Waals surface area contributed by atoms with Gasteiger partial charge in [0.05, 0.1) is 32.5 Å². The van der Waals surface area contributed by atoms with E-state index in [1.165, 1.54) is 25.7 Å². The molecule has 0 aromatic heterocycles. The summed E-state index contributed by atoms with van der Waals surface area (Å²) in [6.45, 7) is 9.96. The van der Waals surface area contributed by atoms with Gasteiger partial charge in [0.15, 0.2) is 11.6 Å². The first kappa shape index (κ1) is 20.4. The van der Waals surface area contributed by atoms with E-state index in [-0.39, 0.29) is 22.7 Å². The van der Waals surface area contributed by atoms with E-state index in [9.17, 15) is 5.11 Å². The minimum Gasteiger partial charge on any atom is -0.393 e. The first-order valence-electron chi connectivity index (χ1n) is 12.5. The van der Waals surface area contributed by atoms with Crippen molar-refractivity contribution in [3.05, 3.63) is 0 Å². The molecule has 4 aliphatic carbocycles. The van der Waals surface area contributed by atoms with Crippen molar-refractivity contribution in [2.24, 2.45) is 40.4 Å². The zero-order valence-electron chi connectivity index (χ0n) is 19.0. The fraction of sp³-hybridized carbons (Fsp3) is 1.00. The van der Waals surface area contributed by atoms with Crippen LogP contribution in [0.15, 0.2) is 0 Å². The minimum absolute atomic E-state index is 0.108. The predicted molar refractivity (Wildman–Crippen MR) is 112 cm³/mol. The van der Waals surface area contributed by atoms with E-state index >= 15 is 0 Å². The Morgan fingerprint density at radius 1 is 0.733 bits per heavy atom. The van der Waals surface area contributed by atoms with Crippen LogP contribution in [0.5, 0.6) is 0 Å². The summed E-state index contributed by atoms with van der Waals surface area (Å²) in [5.74, 6) is 1.89. The van der Waals surface area contributed by atoms with Crippen molar-refractivity contribution in [3.63, 3.8) is 0 Å². The number of ether oxygens (including phenoxy) is 4. The Balaban J connectivity index is 1.28. The molecule has 5 nitrogen and oxygen atoms in total. The first-order chi connectivity index (χ1) is 14.3. The molecule has 6 rings (SSSR count). The van der Waals surface area contributed by atoms with Gasteiger partial charge in [-0.15, -0.1) is 0 Å². The van der Waals surface area contributed by atoms with Crippen LogP contribution in [-0.4, -0.2) is 49.2 Å². The van der Waals surface area contributed by atoms with Gasteiger partial charge in [0.25, 0.3) is 0 Å². The average molecular weight is 421 g/mol. The molecule has 0 radical (unpaired) electrons. The molecule has 0 aromatic carbocycles.